The van der Waals surface area contributed by atoms with Crippen molar-refractivity contribution >= 4 is 23.1 Å². The number of hydrogen-bond donors (Lipinski definition) is 2. The van der Waals surface area contributed by atoms with Gasteiger partial charge in [-0.2, -0.15) is 0 Å². The first kappa shape index (κ1) is 18.8. The summed E-state index contributed by atoms with van der Waals surface area (Å²) < 4.78 is 0. The molecule has 0 aliphatic heterocycles. The maximum Gasteiger partial charge on any atom is 0.251 e. The summed E-state index contributed by atoms with van der Waals surface area (Å²) in [6.07, 6.45) is 1.65. The van der Waals surface area contributed by atoms with Crippen LogP contribution < -0.4 is 15.5 Å². The van der Waals surface area contributed by atoms with Crippen LogP contribution in [-0.4, -0.2) is 30.0 Å². The number of nitrogens with one attached hydrogen (secondary N) is 2. The normalized spacial score (nSPS) is 10.6. The van der Waals surface area contributed by atoms with Gasteiger partial charge in [-0.25, -0.2) is 4.98 Å². The quantitative estimate of drug-likeness (QED) is 0.796. The third-order valence-electron chi connectivity index (χ3n) is 4.04. The molecular weight excluding hydrogens is 312 g/mol. The fraction of sp³-hybridized carbons (Fsp3) is 0.400. The van der Waals surface area contributed by atoms with Gasteiger partial charge >= 0.3 is 0 Å². The minimum absolute atomic E-state index is 0.0888. The first-order valence-electron chi connectivity index (χ1n) is 8.84. The first-order chi connectivity index (χ1) is 11.9. The van der Waals surface area contributed by atoms with Gasteiger partial charge in [-0.1, -0.05) is 0 Å². The highest BCUT2D eigenvalue weighted by Crippen LogP contribution is 2.25. The molecule has 2 aromatic rings. The second-order valence-corrected chi connectivity index (χ2v) is 6.35. The molecule has 25 heavy (non-hydrogen) atoms. The number of pyridine rings is 1. The Morgan fingerprint density at radius 2 is 1.88 bits per heavy atom. The number of nitrogens with zero attached hydrogens (tertiary/aromatic N) is 2. The Balaban J connectivity index is 2.18. The van der Waals surface area contributed by atoms with Crippen molar-refractivity contribution in [1.82, 2.24) is 10.3 Å². The molecule has 0 bridgehead atoms. The van der Waals surface area contributed by atoms with E-state index in [2.05, 4.69) is 59.5 Å². The molecule has 0 radical (unpaired) electrons. The van der Waals surface area contributed by atoms with Crippen molar-refractivity contribution in [3.8, 4) is 0 Å². The number of benzene rings is 1. The predicted octanol–water partition coefficient (Wildman–Crippen LogP) is 4.12. The Labute approximate surface area is 150 Å². The first-order valence-corrected chi connectivity index (χ1v) is 8.84. The third kappa shape index (κ3) is 4.95. The lowest BCUT2D eigenvalue weighted by Crippen LogP contribution is -2.30. The molecule has 0 saturated carbocycles. The maximum absolute atomic E-state index is 12.1. The van der Waals surface area contributed by atoms with Gasteiger partial charge in [0.1, 0.15) is 5.82 Å². The van der Waals surface area contributed by atoms with Crippen LogP contribution in [0.3, 0.4) is 0 Å². The summed E-state index contributed by atoms with van der Waals surface area (Å²) in [7, 11) is 0. The summed E-state index contributed by atoms with van der Waals surface area (Å²) in [6, 6.07) is 9.94. The van der Waals surface area contributed by atoms with Crippen molar-refractivity contribution in [2.24, 2.45) is 0 Å². The van der Waals surface area contributed by atoms with E-state index in [4.69, 9.17) is 0 Å². The molecule has 1 amide bonds. The summed E-state index contributed by atoms with van der Waals surface area (Å²) >= 11 is 0. The van der Waals surface area contributed by atoms with E-state index in [-0.39, 0.29) is 11.9 Å². The molecule has 5 heteroatoms. The second kappa shape index (κ2) is 8.51. The number of anilines is 3. The average molecular weight is 340 g/mol. The van der Waals surface area contributed by atoms with Gasteiger partial charge in [0.15, 0.2) is 0 Å². The SMILES string of the molecule is CCN(CC)c1ccc(Nc2cc(C(=O)NC(C)C)ccn2)c(C)c1. The van der Waals surface area contributed by atoms with E-state index in [9.17, 15) is 4.79 Å². The smallest absolute Gasteiger partial charge is 0.251 e. The second-order valence-electron chi connectivity index (χ2n) is 6.35. The third-order valence-corrected chi connectivity index (χ3v) is 4.04. The van der Waals surface area contributed by atoms with Gasteiger partial charge in [-0.05, 0) is 70.5 Å². The minimum Gasteiger partial charge on any atom is -0.372 e. The van der Waals surface area contributed by atoms with Gasteiger partial charge < -0.3 is 15.5 Å². The Bertz CT molecular complexity index is 723. The van der Waals surface area contributed by atoms with Crippen molar-refractivity contribution in [1.29, 1.82) is 0 Å². The summed E-state index contributed by atoms with van der Waals surface area (Å²) in [5, 5.41) is 6.21. The van der Waals surface area contributed by atoms with Gasteiger partial charge in [-0.15, -0.1) is 0 Å². The van der Waals surface area contributed by atoms with Crippen LogP contribution in [-0.2, 0) is 0 Å². The van der Waals surface area contributed by atoms with Crippen molar-refractivity contribution in [3.63, 3.8) is 0 Å². The van der Waals surface area contributed by atoms with E-state index in [1.807, 2.05) is 13.8 Å². The molecule has 1 aromatic heterocycles. The molecule has 0 saturated heterocycles. The van der Waals surface area contributed by atoms with Gasteiger partial charge in [0.25, 0.3) is 5.91 Å². The van der Waals surface area contributed by atoms with Crippen LogP contribution in [0.4, 0.5) is 17.2 Å². The van der Waals surface area contributed by atoms with Gasteiger partial charge in [0.2, 0.25) is 0 Å². The summed E-state index contributed by atoms with van der Waals surface area (Å²) in [4.78, 5) is 18.8. The highest BCUT2D eigenvalue weighted by molar-refractivity contribution is 5.95. The van der Waals surface area contributed by atoms with Gasteiger partial charge in [0, 0.05) is 42.3 Å². The Morgan fingerprint density at radius 3 is 2.48 bits per heavy atom. The number of amides is 1. The summed E-state index contributed by atoms with van der Waals surface area (Å²) in [5.74, 6) is 0.573. The number of rotatable bonds is 7. The average Bonchev–Trinajstić information content (AvgIpc) is 2.58. The predicted molar refractivity (Wildman–Crippen MR) is 105 cm³/mol. The lowest BCUT2D eigenvalue weighted by Gasteiger charge is -2.22. The van der Waals surface area contributed by atoms with Crippen LogP contribution in [0.2, 0.25) is 0 Å². The number of aryl methyl sites for hydroxylation is 1. The van der Waals surface area contributed by atoms with Crippen LogP contribution in [0.15, 0.2) is 36.5 Å². The lowest BCUT2D eigenvalue weighted by atomic mass is 10.1. The maximum atomic E-state index is 12.1. The van der Waals surface area contributed by atoms with E-state index >= 15 is 0 Å². The molecule has 2 N–H and O–H groups in total. The zero-order valence-corrected chi connectivity index (χ0v) is 15.8. The molecule has 0 aliphatic carbocycles. The van der Waals surface area contributed by atoms with Crippen LogP contribution in [0.5, 0.6) is 0 Å². The molecule has 1 aromatic carbocycles. The molecule has 0 unspecified atom stereocenters. The highest BCUT2D eigenvalue weighted by atomic mass is 16.1. The molecule has 0 aliphatic rings. The minimum atomic E-state index is -0.0888. The van der Waals surface area contributed by atoms with Gasteiger partial charge in [-0.3, -0.25) is 4.79 Å². The number of carbonyl (C=O) groups is 1. The van der Waals surface area contributed by atoms with E-state index in [1.54, 1.807) is 18.3 Å². The van der Waals surface area contributed by atoms with Crippen LogP contribution in [0.25, 0.3) is 0 Å². The van der Waals surface area contributed by atoms with E-state index in [0.29, 0.717) is 11.4 Å². The molecular formula is C20H28N4O. The summed E-state index contributed by atoms with van der Waals surface area (Å²) in [6.45, 7) is 12.2. The van der Waals surface area contributed by atoms with Crippen molar-refractivity contribution in [2.45, 2.75) is 40.7 Å². The molecule has 0 spiro atoms. The topological polar surface area (TPSA) is 57.3 Å². The Morgan fingerprint density at radius 1 is 1.16 bits per heavy atom. The summed E-state index contributed by atoms with van der Waals surface area (Å²) in [5.41, 5.74) is 3.95. The number of hydrogen-bond acceptors (Lipinski definition) is 4. The van der Waals surface area contributed by atoms with Crippen molar-refractivity contribution in [3.05, 3.63) is 47.7 Å². The van der Waals surface area contributed by atoms with Crippen molar-refractivity contribution in [2.75, 3.05) is 23.3 Å². The van der Waals surface area contributed by atoms with E-state index in [1.165, 1.54) is 5.69 Å². The molecule has 1 heterocycles. The molecule has 0 fully saturated rings. The van der Waals surface area contributed by atoms with Crippen molar-refractivity contribution < 1.29 is 4.79 Å². The zero-order chi connectivity index (χ0) is 18.4. The molecule has 134 valence electrons. The number of aromatic nitrogens is 1. The Kier molecular flexibility index (Phi) is 6.39. The zero-order valence-electron chi connectivity index (χ0n) is 15.8. The van der Waals surface area contributed by atoms with Crippen LogP contribution in [0, 0.1) is 6.92 Å². The lowest BCUT2D eigenvalue weighted by molar-refractivity contribution is 0.0943. The standard InChI is InChI=1S/C20H28N4O/c1-6-24(7-2)17-8-9-18(15(5)12-17)23-19-13-16(10-11-21-19)20(25)22-14(3)4/h8-14H,6-7H2,1-5H3,(H,21,23)(H,22,25). The highest BCUT2D eigenvalue weighted by Gasteiger charge is 2.09. The Hall–Kier alpha value is -2.56. The fourth-order valence-electron chi connectivity index (χ4n) is 2.70. The monoisotopic (exact) mass is 340 g/mol. The molecule has 5 nitrogen and oxygen atoms in total. The molecule has 0 atom stereocenters. The number of carbonyl (C=O) groups excluding carboxylic acids is 1. The van der Waals surface area contributed by atoms with Crippen LogP contribution in [0.1, 0.15) is 43.6 Å². The molecule has 2 rings (SSSR count). The van der Waals surface area contributed by atoms with E-state index in [0.717, 1.165) is 24.3 Å². The van der Waals surface area contributed by atoms with Gasteiger partial charge in [0.05, 0.1) is 0 Å². The fourth-order valence-corrected chi connectivity index (χ4v) is 2.70. The van der Waals surface area contributed by atoms with Crippen LogP contribution >= 0.6 is 0 Å². The van der Waals surface area contributed by atoms with E-state index < -0.39 is 0 Å². The largest absolute Gasteiger partial charge is 0.372 e.